The van der Waals surface area contributed by atoms with E-state index in [-0.39, 0.29) is 24.3 Å². The second-order valence-electron chi connectivity index (χ2n) is 6.92. The summed E-state index contributed by atoms with van der Waals surface area (Å²) >= 11 is 0. The van der Waals surface area contributed by atoms with Gasteiger partial charge in [0.15, 0.2) is 5.78 Å². The number of likely N-dealkylation sites (tertiary alicyclic amines) is 1. The molecule has 0 spiro atoms. The van der Waals surface area contributed by atoms with E-state index in [1.54, 1.807) is 38.5 Å². The Bertz CT molecular complexity index is 865. The van der Waals surface area contributed by atoms with Crippen molar-refractivity contribution in [3.8, 4) is 11.5 Å². The van der Waals surface area contributed by atoms with E-state index >= 15 is 0 Å². The Labute approximate surface area is 165 Å². The van der Waals surface area contributed by atoms with Crippen LogP contribution < -0.4 is 14.8 Å². The molecule has 2 aromatic carbocycles. The summed E-state index contributed by atoms with van der Waals surface area (Å²) in [6, 6.07) is 12.9. The van der Waals surface area contributed by atoms with E-state index in [1.807, 2.05) is 18.2 Å². The Balaban J connectivity index is 1.72. The molecule has 1 saturated heterocycles. The van der Waals surface area contributed by atoms with Gasteiger partial charge in [-0.15, -0.1) is 0 Å². The fourth-order valence-electron chi connectivity index (χ4n) is 3.67. The molecule has 1 amide bonds. The van der Waals surface area contributed by atoms with E-state index < -0.39 is 0 Å². The molecule has 0 unspecified atom stereocenters. The van der Waals surface area contributed by atoms with Crippen LogP contribution in [0, 0.1) is 0 Å². The maximum atomic E-state index is 12.6. The number of nitrogens with one attached hydrogen (secondary N) is 1. The molecule has 0 radical (unpaired) electrons. The number of carbonyl (C=O) groups is 2. The third-order valence-corrected chi connectivity index (χ3v) is 5.06. The van der Waals surface area contributed by atoms with Gasteiger partial charge >= 0.3 is 0 Å². The standard InChI is InChI=1S/C22H26N2O4/c1-15(25)16-6-4-7-17(12-16)23-22(26)14-24-11-5-8-20(24)19-13-18(27-2)9-10-21(19)28-3/h4,6-7,9-10,12-13,20H,5,8,11,14H2,1-3H3,(H,23,26)/t20-/m0/s1. The highest BCUT2D eigenvalue weighted by atomic mass is 16.5. The largest absolute Gasteiger partial charge is 0.497 e. The number of nitrogens with zero attached hydrogens (tertiary/aromatic N) is 1. The maximum Gasteiger partial charge on any atom is 0.238 e. The molecule has 3 rings (SSSR count). The summed E-state index contributed by atoms with van der Waals surface area (Å²) < 4.78 is 10.9. The van der Waals surface area contributed by atoms with Crippen molar-refractivity contribution in [3.63, 3.8) is 0 Å². The van der Waals surface area contributed by atoms with E-state index in [2.05, 4.69) is 10.2 Å². The van der Waals surface area contributed by atoms with Gasteiger partial charge in [-0.1, -0.05) is 12.1 Å². The van der Waals surface area contributed by atoms with Gasteiger partial charge in [-0.05, 0) is 56.6 Å². The molecule has 1 heterocycles. The quantitative estimate of drug-likeness (QED) is 0.740. The predicted octanol–water partition coefficient (Wildman–Crippen LogP) is 3.68. The number of amides is 1. The lowest BCUT2D eigenvalue weighted by atomic mass is 10.0. The zero-order valence-corrected chi connectivity index (χ0v) is 16.5. The van der Waals surface area contributed by atoms with E-state index in [1.165, 1.54) is 6.92 Å². The fourth-order valence-corrected chi connectivity index (χ4v) is 3.67. The predicted molar refractivity (Wildman–Crippen MR) is 108 cm³/mol. The first-order chi connectivity index (χ1) is 13.5. The van der Waals surface area contributed by atoms with Crippen LogP contribution in [0.1, 0.15) is 41.7 Å². The molecule has 6 heteroatoms. The first-order valence-electron chi connectivity index (χ1n) is 9.38. The second-order valence-corrected chi connectivity index (χ2v) is 6.92. The molecule has 6 nitrogen and oxygen atoms in total. The summed E-state index contributed by atoms with van der Waals surface area (Å²) in [6.07, 6.45) is 1.97. The van der Waals surface area contributed by atoms with E-state index in [9.17, 15) is 9.59 Å². The van der Waals surface area contributed by atoms with Crippen LogP contribution in [0.25, 0.3) is 0 Å². The minimum atomic E-state index is -0.102. The molecule has 0 aliphatic carbocycles. The molecule has 2 aromatic rings. The van der Waals surface area contributed by atoms with Crippen molar-refractivity contribution in [2.45, 2.75) is 25.8 Å². The minimum absolute atomic E-state index is 0.0270. The van der Waals surface area contributed by atoms with Crippen molar-refractivity contribution in [3.05, 3.63) is 53.6 Å². The SMILES string of the molecule is COc1ccc(OC)c([C@@H]2CCCN2CC(=O)Nc2cccc(C(C)=O)c2)c1. The molecule has 1 aliphatic rings. The summed E-state index contributed by atoms with van der Waals surface area (Å²) in [5.41, 5.74) is 2.25. The van der Waals surface area contributed by atoms with Gasteiger partial charge in [-0.2, -0.15) is 0 Å². The summed E-state index contributed by atoms with van der Waals surface area (Å²) in [6.45, 7) is 2.62. The van der Waals surface area contributed by atoms with Gasteiger partial charge in [0, 0.05) is 22.9 Å². The van der Waals surface area contributed by atoms with E-state index in [4.69, 9.17) is 9.47 Å². The highest BCUT2D eigenvalue weighted by Gasteiger charge is 2.30. The Morgan fingerprint density at radius 2 is 1.96 bits per heavy atom. The number of Topliss-reactive ketones (excluding diaryl/α,β-unsaturated/α-hetero) is 1. The number of anilines is 1. The highest BCUT2D eigenvalue weighted by Crippen LogP contribution is 2.38. The Morgan fingerprint density at radius 1 is 1.14 bits per heavy atom. The smallest absolute Gasteiger partial charge is 0.238 e. The average molecular weight is 382 g/mol. The number of carbonyl (C=O) groups excluding carboxylic acids is 2. The number of ketones is 1. The number of hydrogen-bond donors (Lipinski definition) is 1. The summed E-state index contributed by atoms with van der Waals surface area (Å²) in [5.74, 6) is 1.44. The second kappa shape index (κ2) is 8.89. The van der Waals surface area contributed by atoms with Crippen LogP contribution in [0.5, 0.6) is 11.5 Å². The summed E-state index contributed by atoms with van der Waals surface area (Å²) in [7, 11) is 3.29. The monoisotopic (exact) mass is 382 g/mol. The summed E-state index contributed by atoms with van der Waals surface area (Å²) in [4.78, 5) is 26.3. The van der Waals surface area contributed by atoms with Crippen LogP contribution >= 0.6 is 0 Å². The van der Waals surface area contributed by atoms with Gasteiger partial charge in [0.25, 0.3) is 0 Å². The highest BCUT2D eigenvalue weighted by molar-refractivity contribution is 5.97. The molecule has 148 valence electrons. The number of ether oxygens (including phenoxy) is 2. The van der Waals surface area contributed by atoms with Crippen LogP contribution in [-0.2, 0) is 4.79 Å². The van der Waals surface area contributed by atoms with Crippen molar-refractivity contribution in [1.82, 2.24) is 4.90 Å². The van der Waals surface area contributed by atoms with Crippen molar-refractivity contribution < 1.29 is 19.1 Å². The van der Waals surface area contributed by atoms with Gasteiger partial charge in [-0.25, -0.2) is 0 Å². The third kappa shape index (κ3) is 4.51. The van der Waals surface area contributed by atoms with Gasteiger partial charge in [-0.3, -0.25) is 14.5 Å². The maximum absolute atomic E-state index is 12.6. The van der Waals surface area contributed by atoms with Crippen LogP contribution in [0.4, 0.5) is 5.69 Å². The van der Waals surface area contributed by atoms with Crippen LogP contribution in [0.15, 0.2) is 42.5 Å². The molecule has 0 bridgehead atoms. The van der Waals surface area contributed by atoms with Crippen molar-refractivity contribution >= 4 is 17.4 Å². The van der Waals surface area contributed by atoms with Gasteiger partial charge < -0.3 is 14.8 Å². The van der Waals surface area contributed by atoms with Crippen LogP contribution in [0.2, 0.25) is 0 Å². The average Bonchev–Trinajstić information content (AvgIpc) is 3.15. The first-order valence-corrected chi connectivity index (χ1v) is 9.38. The molecular formula is C22H26N2O4. The van der Waals surface area contributed by atoms with Gasteiger partial charge in [0.2, 0.25) is 5.91 Å². The van der Waals surface area contributed by atoms with E-state index in [0.29, 0.717) is 11.3 Å². The molecule has 28 heavy (non-hydrogen) atoms. The Hall–Kier alpha value is -2.86. The van der Waals surface area contributed by atoms with Crippen LogP contribution in [0.3, 0.4) is 0 Å². The normalized spacial score (nSPS) is 16.6. The van der Waals surface area contributed by atoms with Crippen molar-refractivity contribution in [1.29, 1.82) is 0 Å². The zero-order valence-electron chi connectivity index (χ0n) is 16.5. The molecule has 1 aliphatic heterocycles. The van der Waals surface area contributed by atoms with Gasteiger partial charge in [0.1, 0.15) is 11.5 Å². The molecule has 0 saturated carbocycles. The fraction of sp³-hybridized carbons (Fsp3) is 0.364. The van der Waals surface area contributed by atoms with Crippen LogP contribution in [-0.4, -0.2) is 43.9 Å². The lowest BCUT2D eigenvalue weighted by molar-refractivity contribution is -0.117. The van der Waals surface area contributed by atoms with Gasteiger partial charge in [0.05, 0.1) is 20.8 Å². The molecule has 1 fully saturated rings. The molecule has 0 aromatic heterocycles. The number of rotatable bonds is 7. The number of hydrogen-bond acceptors (Lipinski definition) is 5. The Morgan fingerprint density at radius 3 is 2.68 bits per heavy atom. The lowest BCUT2D eigenvalue weighted by Gasteiger charge is -2.26. The molecule has 1 N–H and O–H groups in total. The van der Waals surface area contributed by atoms with Crippen molar-refractivity contribution in [2.75, 3.05) is 32.6 Å². The Kier molecular flexibility index (Phi) is 6.31. The third-order valence-electron chi connectivity index (χ3n) is 5.06. The summed E-state index contributed by atoms with van der Waals surface area (Å²) in [5, 5.41) is 2.90. The molecule has 1 atom stereocenters. The number of benzene rings is 2. The topological polar surface area (TPSA) is 67.9 Å². The minimum Gasteiger partial charge on any atom is -0.497 e. The first kappa shape index (κ1) is 19.9. The van der Waals surface area contributed by atoms with E-state index in [0.717, 1.165) is 36.4 Å². The lowest BCUT2D eigenvalue weighted by Crippen LogP contribution is -2.33. The van der Waals surface area contributed by atoms with Crippen molar-refractivity contribution in [2.24, 2.45) is 0 Å². The molecular weight excluding hydrogens is 356 g/mol. The zero-order chi connectivity index (χ0) is 20.1. The number of methoxy groups -OCH3 is 2.